The molecule has 196 valence electrons. The van der Waals surface area contributed by atoms with Crippen LogP contribution in [0.25, 0.3) is 0 Å². The van der Waals surface area contributed by atoms with Crippen molar-refractivity contribution >= 4 is 29.7 Å². The molecule has 4 rings (SSSR count). The van der Waals surface area contributed by atoms with Gasteiger partial charge in [-0.25, -0.2) is 10.2 Å². The van der Waals surface area contributed by atoms with E-state index in [0.717, 1.165) is 18.2 Å². The number of para-hydroxylation sites is 1. The lowest BCUT2D eigenvalue weighted by atomic mass is 10.1. The van der Waals surface area contributed by atoms with Gasteiger partial charge in [-0.05, 0) is 60.7 Å². The highest BCUT2D eigenvalue weighted by atomic mass is 19.4. The molecule has 0 fully saturated rings. The van der Waals surface area contributed by atoms with Crippen LogP contribution < -0.4 is 15.5 Å². The number of esters is 1. The van der Waals surface area contributed by atoms with Gasteiger partial charge in [0, 0.05) is 22.4 Å². The molecule has 0 saturated heterocycles. The van der Waals surface area contributed by atoms with Crippen molar-refractivity contribution in [2.75, 3.05) is 5.32 Å². The van der Waals surface area contributed by atoms with Gasteiger partial charge in [0.05, 0.1) is 17.3 Å². The number of alkyl halides is 3. The zero-order valence-corrected chi connectivity index (χ0v) is 20.1. The molecule has 0 saturated carbocycles. The monoisotopic (exact) mass is 531 g/mol. The lowest BCUT2D eigenvalue weighted by molar-refractivity contribution is -0.137. The molecule has 0 bridgehead atoms. The lowest BCUT2D eigenvalue weighted by Crippen LogP contribution is -2.18. The highest BCUT2D eigenvalue weighted by molar-refractivity contribution is 6.05. The van der Waals surface area contributed by atoms with Crippen LogP contribution in [0, 0.1) is 0 Å². The van der Waals surface area contributed by atoms with Crippen molar-refractivity contribution in [3.8, 4) is 5.75 Å². The first-order chi connectivity index (χ1) is 18.7. The van der Waals surface area contributed by atoms with E-state index in [1.807, 2.05) is 0 Å². The third-order valence-electron chi connectivity index (χ3n) is 5.34. The molecule has 0 aliphatic carbocycles. The van der Waals surface area contributed by atoms with Gasteiger partial charge in [0.2, 0.25) is 0 Å². The van der Waals surface area contributed by atoms with Gasteiger partial charge in [-0.3, -0.25) is 9.59 Å². The van der Waals surface area contributed by atoms with Crippen molar-refractivity contribution in [1.29, 1.82) is 0 Å². The molecule has 2 amide bonds. The number of benzene rings is 4. The van der Waals surface area contributed by atoms with E-state index < -0.39 is 29.5 Å². The molecule has 0 heterocycles. The maximum Gasteiger partial charge on any atom is 0.416 e. The van der Waals surface area contributed by atoms with E-state index in [1.54, 1.807) is 54.6 Å². The number of carbonyl (C=O) groups is 3. The second kappa shape index (κ2) is 11.9. The summed E-state index contributed by atoms with van der Waals surface area (Å²) in [6.45, 7) is 0. The standard InChI is InChI=1S/C29H20F3N3O4/c30-29(31,32)23-13-6-11-20(16-23)26(36)34-24-14-7-12-21(17-24)27(37)35-33-18-22-10-4-5-15-25(22)39-28(38)19-8-2-1-3-9-19/h1-18H,(H,34,36)(H,35,37). The van der Waals surface area contributed by atoms with Crippen LogP contribution in [-0.2, 0) is 6.18 Å². The Kier molecular flexibility index (Phi) is 8.15. The zero-order valence-electron chi connectivity index (χ0n) is 20.1. The van der Waals surface area contributed by atoms with Gasteiger partial charge in [0.1, 0.15) is 5.75 Å². The number of hydrogen-bond acceptors (Lipinski definition) is 5. The maximum absolute atomic E-state index is 12.9. The number of nitrogens with one attached hydrogen (secondary N) is 2. The van der Waals surface area contributed by atoms with E-state index in [1.165, 1.54) is 36.5 Å². The number of rotatable bonds is 7. The van der Waals surface area contributed by atoms with Gasteiger partial charge in [-0.15, -0.1) is 0 Å². The fourth-order valence-corrected chi connectivity index (χ4v) is 3.42. The summed E-state index contributed by atoms with van der Waals surface area (Å²) in [5.41, 5.74) is 2.36. The van der Waals surface area contributed by atoms with Crippen molar-refractivity contribution in [1.82, 2.24) is 5.43 Å². The average molecular weight is 531 g/mol. The molecule has 10 heteroatoms. The Balaban J connectivity index is 1.40. The van der Waals surface area contributed by atoms with Gasteiger partial charge in [0.25, 0.3) is 11.8 Å². The van der Waals surface area contributed by atoms with Crippen molar-refractivity contribution in [3.05, 3.63) is 131 Å². The van der Waals surface area contributed by atoms with Crippen molar-refractivity contribution < 1.29 is 32.3 Å². The van der Waals surface area contributed by atoms with Gasteiger partial charge in [0.15, 0.2) is 0 Å². The van der Waals surface area contributed by atoms with Crippen LogP contribution in [0.1, 0.15) is 42.2 Å². The van der Waals surface area contributed by atoms with E-state index in [-0.39, 0.29) is 22.6 Å². The Hall–Kier alpha value is -5.25. The molecule has 7 nitrogen and oxygen atoms in total. The number of hydrazone groups is 1. The quantitative estimate of drug-likeness (QED) is 0.134. The highest BCUT2D eigenvalue weighted by Crippen LogP contribution is 2.29. The van der Waals surface area contributed by atoms with Crippen LogP contribution >= 0.6 is 0 Å². The number of amides is 2. The second-order valence-corrected chi connectivity index (χ2v) is 8.11. The molecule has 0 aromatic heterocycles. The molecular weight excluding hydrogens is 511 g/mol. The van der Waals surface area contributed by atoms with Gasteiger partial charge < -0.3 is 10.1 Å². The van der Waals surface area contributed by atoms with E-state index in [4.69, 9.17) is 4.74 Å². The zero-order chi connectivity index (χ0) is 27.8. The summed E-state index contributed by atoms with van der Waals surface area (Å²) in [5.74, 6) is -1.69. The Morgan fingerprint density at radius 2 is 1.36 bits per heavy atom. The van der Waals surface area contributed by atoms with Crippen molar-refractivity contribution in [2.24, 2.45) is 5.10 Å². The van der Waals surface area contributed by atoms with Crippen LogP contribution in [0.3, 0.4) is 0 Å². The minimum Gasteiger partial charge on any atom is -0.422 e. The van der Waals surface area contributed by atoms with Gasteiger partial charge >= 0.3 is 12.1 Å². The van der Waals surface area contributed by atoms with Gasteiger partial charge in [-0.2, -0.15) is 18.3 Å². The SMILES string of the molecule is O=C(NN=Cc1ccccc1OC(=O)c1ccccc1)c1cccc(NC(=O)c2cccc(C(F)(F)F)c2)c1. The predicted octanol–water partition coefficient (Wildman–Crippen LogP) is 5.94. The molecular formula is C29H20F3N3O4. The number of hydrogen-bond donors (Lipinski definition) is 2. The normalized spacial score (nSPS) is 11.2. The number of anilines is 1. The first-order valence-electron chi connectivity index (χ1n) is 11.5. The summed E-state index contributed by atoms with van der Waals surface area (Å²) < 4.78 is 44.3. The molecule has 0 radical (unpaired) electrons. The molecule has 4 aromatic rings. The Morgan fingerprint density at radius 3 is 2.10 bits per heavy atom. The van der Waals surface area contributed by atoms with E-state index >= 15 is 0 Å². The van der Waals surface area contributed by atoms with Crippen LogP contribution in [0.5, 0.6) is 5.75 Å². The predicted molar refractivity (Wildman–Crippen MR) is 139 cm³/mol. The summed E-state index contributed by atoms with van der Waals surface area (Å²) in [5, 5.41) is 6.40. The molecule has 2 N–H and O–H groups in total. The Labute approximate surface area is 220 Å². The number of halogens is 3. The number of ether oxygens (including phenoxy) is 1. The molecule has 0 unspecified atom stereocenters. The molecule has 39 heavy (non-hydrogen) atoms. The summed E-state index contributed by atoms with van der Waals surface area (Å²) in [7, 11) is 0. The van der Waals surface area contributed by atoms with Crippen molar-refractivity contribution in [3.63, 3.8) is 0 Å². The first-order valence-corrected chi connectivity index (χ1v) is 11.5. The first kappa shape index (κ1) is 26.8. The molecule has 0 spiro atoms. The minimum atomic E-state index is -4.58. The smallest absolute Gasteiger partial charge is 0.416 e. The summed E-state index contributed by atoms with van der Waals surface area (Å²) in [6, 6.07) is 24.9. The van der Waals surface area contributed by atoms with E-state index in [9.17, 15) is 27.6 Å². The largest absolute Gasteiger partial charge is 0.422 e. The molecule has 4 aromatic carbocycles. The van der Waals surface area contributed by atoms with Crippen LogP contribution in [0.4, 0.5) is 18.9 Å². The van der Waals surface area contributed by atoms with Gasteiger partial charge in [-0.1, -0.05) is 42.5 Å². The average Bonchev–Trinajstić information content (AvgIpc) is 2.94. The third-order valence-corrected chi connectivity index (χ3v) is 5.34. The minimum absolute atomic E-state index is 0.137. The Morgan fingerprint density at radius 1 is 0.718 bits per heavy atom. The second-order valence-electron chi connectivity index (χ2n) is 8.11. The number of nitrogens with zero attached hydrogens (tertiary/aromatic N) is 1. The van der Waals surface area contributed by atoms with Crippen LogP contribution in [-0.4, -0.2) is 24.0 Å². The lowest BCUT2D eigenvalue weighted by Gasteiger charge is -2.10. The number of carbonyl (C=O) groups excluding carboxylic acids is 3. The molecule has 0 aliphatic heterocycles. The van der Waals surface area contributed by atoms with Crippen molar-refractivity contribution in [2.45, 2.75) is 6.18 Å². The van der Waals surface area contributed by atoms with E-state index in [2.05, 4.69) is 15.8 Å². The van der Waals surface area contributed by atoms with E-state index in [0.29, 0.717) is 11.1 Å². The summed E-state index contributed by atoms with van der Waals surface area (Å²) in [6.07, 6.45) is -3.27. The fourth-order valence-electron chi connectivity index (χ4n) is 3.42. The Bertz CT molecular complexity index is 1540. The highest BCUT2D eigenvalue weighted by Gasteiger charge is 2.30. The fraction of sp³-hybridized carbons (Fsp3) is 0.0345. The summed E-state index contributed by atoms with van der Waals surface area (Å²) in [4.78, 5) is 37.4. The topological polar surface area (TPSA) is 96.9 Å². The molecule has 0 aliphatic rings. The molecule has 0 atom stereocenters. The van der Waals surface area contributed by atoms with Crippen LogP contribution in [0.15, 0.2) is 108 Å². The summed E-state index contributed by atoms with van der Waals surface area (Å²) >= 11 is 0. The third kappa shape index (κ3) is 7.16. The maximum atomic E-state index is 12.9. The van der Waals surface area contributed by atoms with Crippen LogP contribution in [0.2, 0.25) is 0 Å².